The summed E-state index contributed by atoms with van der Waals surface area (Å²) in [6, 6.07) is 7.73. The van der Waals surface area contributed by atoms with E-state index < -0.39 is 0 Å². The molecule has 4 rings (SSSR count). The summed E-state index contributed by atoms with van der Waals surface area (Å²) in [7, 11) is 3.19. The van der Waals surface area contributed by atoms with E-state index in [4.69, 9.17) is 0 Å². The van der Waals surface area contributed by atoms with Crippen molar-refractivity contribution in [1.29, 1.82) is 0 Å². The molecule has 100 valence electrons. The van der Waals surface area contributed by atoms with E-state index in [1.807, 2.05) is 28.8 Å². The number of para-hydroxylation sites is 2. The standard InChI is InChI=1S/C14H12N4O2/c1-16-12-8(13(19)17(2)14(16)20)7-11-15-9-5-3-4-6-10(9)18(11)12/h3-6H,7H2,1-2H3. The molecule has 0 N–H and O–H groups in total. The van der Waals surface area contributed by atoms with Crippen LogP contribution in [-0.2, 0) is 20.5 Å². The van der Waals surface area contributed by atoms with Crippen LogP contribution in [0, 0.1) is 0 Å². The van der Waals surface area contributed by atoms with Gasteiger partial charge in [0.1, 0.15) is 11.6 Å². The maximum Gasteiger partial charge on any atom is 0.332 e. The summed E-state index contributed by atoms with van der Waals surface area (Å²) in [5.74, 6) is 1.45. The number of hydrogen-bond acceptors (Lipinski definition) is 3. The third-order valence-electron chi connectivity index (χ3n) is 3.90. The highest BCUT2D eigenvalue weighted by Gasteiger charge is 2.28. The molecule has 0 fully saturated rings. The molecule has 20 heavy (non-hydrogen) atoms. The van der Waals surface area contributed by atoms with Gasteiger partial charge < -0.3 is 0 Å². The number of hydrogen-bond donors (Lipinski definition) is 0. The largest absolute Gasteiger partial charge is 0.332 e. The average molecular weight is 268 g/mol. The van der Waals surface area contributed by atoms with Gasteiger partial charge in [-0.1, -0.05) is 12.1 Å². The molecule has 0 aliphatic carbocycles. The van der Waals surface area contributed by atoms with Gasteiger partial charge in [-0.2, -0.15) is 0 Å². The van der Waals surface area contributed by atoms with Crippen LogP contribution in [0.1, 0.15) is 11.4 Å². The highest BCUT2D eigenvalue weighted by atomic mass is 16.2. The van der Waals surface area contributed by atoms with Crippen molar-refractivity contribution in [2.75, 3.05) is 0 Å². The van der Waals surface area contributed by atoms with Crippen molar-refractivity contribution in [2.24, 2.45) is 14.1 Å². The maximum absolute atomic E-state index is 12.2. The van der Waals surface area contributed by atoms with Crippen molar-refractivity contribution >= 4 is 11.0 Å². The fourth-order valence-electron chi connectivity index (χ4n) is 2.93. The van der Waals surface area contributed by atoms with Gasteiger partial charge in [-0.15, -0.1) is 0 Å². The Kier molecular flexibility index (Phi) is 1.95. The molecule has 0 unspecified atom stereocenters. The SMILES string of the molecule is Cn1c2c(c(=O)n(C)c1=O)Cc1nc3ccccc3n1-2. The summed E-state index contributed by atoms with van der Waals surface area (Å²) in [6.45, 7) is 0. The molecule has 0 saturated heterocycles. The van der Waals surface area contributed by atoms with Crippen LogP contribution in [-0.4, -0.2) is 18.7 Å². The fourth-order valence-corrected chi connectivity index (χ4v) is 2.93. The molecular weight excluding hydrogens is 256 g/mol. The van der Waals surface area contributed by atoms with Crippen molar-refractivity contribution in [2.45, 2.75) is 6.42 Å². The second-order valence-electron chi connectivity index (χ2n) is 5.04. The van der Waals surface area contributed by atoms with Crippen molar-refractivity contribution in [3.63, 3.8) is 0 Å². The quantitative estimate of drug-likeness (QED) is 0.461. The summed E-state index contributed by atoms with van der Waals surface area (Å²) in [5, 5.41) is 0. The summed E-state index contributed by atoms with van der Waals surface area (Å²) in [4.78, 5) is 28.9. The van der Waals surface area contributed by atoms with Gasteiger partial charge in [0.25, 0.3) is 5.56 Å². The minimum Gasteiger partial charge on any atom is -0.282 e. The molecule has 0 bridgehead atoms. The Bertz CT molecular complexity index is 991. The van der Waals surface area contributed by atoms with Gasteiger partial charge >= 0.3 is 5.69 Å². The first kappa shape index (κ1) is 11.2. The maximum atomic E-state index is 12.2. The van der Waals surface area contributed by atoms with Gasteiger partial charge in [0.05, 0.1) is 16.6 Å². The number of nitrogens with zero attached hydrogens (tertiary/aromatic N) is 4. The van der Waals surface area contributed by atoms with Crippen molar-refractivity contribution < 1.29 is 0 Å². The van der Waals surface area contributed by atoms with Gasteiger partial charge in [-0.05, 0) is 12.1 Å². The lowest BCUT2D eigenvalue weighted by molar-refractivity contribution is 0.667. The van der Waals surface area contributed by atoms with Crippen molar-refractivity contribution in [3.05, 3.63) is 56.5 Å². The molecule has 0 spiro atoms. The average Bonchev–Trinajstić information content (AvgIpc) is 2.98. The lowest BCUT2D eigenvalue weighted by Crippen LogP contribution is -2.39. The first-order chi connectivity index (χ1) is 9.59. The highest BCUT2D eigenvalue weighted by Crippen LogP contribution is 2.28. The van der Waals surface area contributed by atoms with Crippen LogP contribution in [0.3, 0.4) is 0 Å². The zero-order chi connectivity index (χ0) is 14.0. The van der Waals surface area contributed by atoms with Crippen LogP contribution in [0.4, 0.5) is 0 Å². The molecule has 6 heteroatoms. The molecule has 6 nitrogen and oxygen atoms in total. The monoisotopic (exact) mass is 268 g/mol. The van der Waals surface area contributed by atoms with Crippen LogP contribution in [0.25, 0.3) is 16.9 Å². The van der Waals surface area contributed by atoms with Crippen LogP contribution >= 0.6 is 0 Å². The molecule has 3 heterocycles. The Morgan fingerprint density at radius 2 is 1.85 bits per heavy atom. The summed E-state index contributed by atoms with van der Waals surface area (Å²) >= 11 is 0. The van der Waals surface area contributed by atoms with E-state index in [0.717, 1.165) is 21.4 Å². The Hall–Kier alpha value is -2.63. The van der Waals surface area contributed by atoms with Gasteiger partial charge in [-0.3, -0.25) is 18.5 Å². The molecule has 1 aliphatic heterocycles. The minimum atomic E-state index is -0.320. The first-order valence-electron chi connectivity index (χ1n) is 6.35. The predicted molar refractivity (Wildman–Crippen MR) is 74.4 cm³/mol. The molecule has 3 aromatic rings. The summed E-state index contributed by atoms with van der Waals surface area (Å²) in [6.07, 6.45) is 0.463. The van der Waals surface area contributed by atoms with E-state index in [1.54, 1.807) is 7.05 Å². The van der Waals surface area contributed by atoms with Crippen LogP contribution in [0.2, 0.25) is 0 Å². The van der Waals surface area contributed by atoms with E-state index in [9.17, 15) is 9.59 Å². The topological polar surface area (TPSA) is 61.8 Å². The second kappa shape index (κ2) is 3.47. The second-order valence-corrected chi connectivity index (χ2v) is 5.04. The lowest BCUT2D eigenvalue weighted by atomic mass is 10.2. The van der Waals surface area contributed by atoms with Crippen molar-refractivity contribution in [1.82, 2.24) is 18.7 Å². The van der Waals surface area contributed by atoms with E-state index >= 15 is 0 Å². The summed E-state index contributed by atoms with van der Waals surface area (Å²) < 4.78 is 4.57. The van der Waals surface area contributed by atoms with Crippen molar-refractivity contribution in [3.8, 4) is 5.82 Å². The third kappa shape index (κ3) is 1.16. The molecule has 0 amide bonds. The molecule has 1 aromatic carbocycles. The predicted octanol–water partition coefficient (Wildman–Crippen LogP) is 0.327. The van der Waals surface area contributed by atoms with Gasteiger partial charge in [-0.25, -0.2) is 9.78 Å². The van der Waals surface area contributed by atoms with E-state index in [1.165, 1.54) is 11.6 Å². The van der Waals surface area contributed by atoms with Gasteiger partial charge in [0.2, 0.25) is 0 Å². The Labute approximate surface area is 113 Å². The Morgan fingerprint density at radius 1 is 1.10 bits per heavy atom. The number of fused-ring (bicyclic) bond motifs is 5. The molecule has 1 aliphatic rings. The number of aromatic nitrogens is 4. The van der Waals surface area contributed by atoms with Crippen LogP contribution < -0.4 is 11.2 Å². The smallest absolute Gasteiger partial charge is 0.282 e. The first-order valence-corrected chi connectivity index (χ1v) is 6.35. The highest BCUT2D eigenvalue weighted by molar-refractivity contribution is 5.79. The van der Waals surface area contributed by atoms with Crippen LogP contribution in [0.15, 0.2) is 33.9 Å². The normalized spacial score (nSPS) is 12.7. The van der Waals surface area contributed by atoms with Gasteiger partial charge in [0.15, 0.2) is 0 Å². The Balaban J connectivity index is 2.23. The molecule has 0 saturated carbocycles. The molecule has 0 radical (unpaired) electrons. The van der Waals surface area contributed by atoms with Crippen LogP contribution in [0.5, 0.6) is 0 Å². The zero-order valence-corrected chi connectivity index (χ0v) is 11.1. The molecule has 2 aromatic heterocycles. The third-order valence-corrected chi connectivity index (χ3v) is 3.90. The fraction of sp³-hybridized carbons (Fsp3) is 0.214. The number of benzene rings is 1. The molecule has 0 atom stereocenters. The van der Waals surface area contributed by atoms with E-state index in [0.29, 0.717) is 17.8 Å². The summed E-state index contributed by atoms with van der Waals surface area (Å²) in [5.41, 5.74) is 1.87. The number of rotatable bonds is 0. The Morgan fingerprint density at radius 3 is 2.65 bits per heavy atom. The van der Waals surface area contributed by atoms with Gasteiger partial charge in [0, 0.05) is 20.5 Å². The minimum absolute atomic E-state index is 0.238. The number of imidazole rings is 1. The molecular formula is C14H12N4O2. The lowest BCUT2D eigenvalue weighted by Gasteiger charge is -2.10. The van der Waals surface area contributed by atoms with E-state index in [2.05, 4.69) is 4.98 Å². The van der Waals surface area contributed by atoms with E-state index in [-0.39, 0.29) is 11.2 Å². The zero-order valence-electron chi connectivity index (χ0n) is 11.1.